The lowest BCUT2D eigenvalue weighted by atomic mass is 9.87. The van der Waals surface area contributed by atoms with Crippen molar-refractivity contribution in [3.63, 3.8) is 0 Å². The van der Waals surface area contributed by atoms with Crippen LogP contribution in [0.15, 0.2) is 17.2 Å². The molecular formula is C11H21N3O. The van der Waals surface area contributed by atoms with Gasteiger partial charge in [-0.05, 0) is 12.3 Å². The maximum absolute atomic E-state index is 11.7. The summed E-state index contributed by atoms with van der Waals surface area (Å²) in [5, 5.41) is 0. The molecule has 1 rings (SSSR count). The highest BCUT2D eigenvalue weighted by Crippen LogP contribution is 2.17. The Hall–Kier alpha value is -1.03. The van der Waals surface area contributed by atoms with Crippen molar-refractivity contribution in [1.29, 1.82) is 0 Å². The van der Waals surface area contributed by atoms with Crippen LogP contribution in [0.1, 0.15) is 27.7 Å². The van der Waals surface area contributed by atoms with Crippen LogP contribution >= 0.6 is 0 Å². The molecule has 0 aliphatic heterocycles. The van der Waals surface area contributed by atoms with Gasteiger partial charge in [0.15, 0.2) is 0 Å². The molecule has 0 spiro atoms. The Morgan fingerprint density at radius 3 is 2.27 bits per heavy atom. The molecule has 86 valence electrons. The van der Waals surface area contributed by atoms with E-state index in [4.69, 9.17) is 5.73 Å². The van der Waals surface area contributed by atoms with Gasteiger partial charge in [0.2, 0.25) is 0 Å². The normalized spacial score (nSPS) is 14.2. The Kier molecular flexibility index (Phi) is 3.39. The van der Waals surface area contributed by atoms with Gasteiger partial charge in [-0.1, -0.05) is 20.8 Å². The maximum Gasteiger partial charge on any atom is 0.328 e. The molecule has 15 heavy (non-hydrogen) atoms. The van der Waals surface area contributed by atoms with Crippen LogP contribution in [0.4, 0.5) is 0 Å². The van der Waals surface area contributed by atoms with Gasteiger partial charge in [-0.3, -0.25) is 9.13 Å². The molecule has 0 aliphatic rings. The second-order valence-corrected chi connectivity index (χ2v) is 4.99. The van der Waals surface area contributed by atoms with E-state index >= 15 is 0 Å². The Morgan fingerprint density at radius 1 is 1.33 bits per heavy atom. The summed E-state index contributed by atoms with van der Waals surface area (Å²) in [4.78, 5) is 11.7. The van der Waals surface area contributed by atoms with Gasteiger partial charge in [0.1, 0.15) is 0 Å². The number of imidazole rings is 1. The van der Waals surface area contributed by atoms with Crippen molar-refractivity contribution in [2.24, 2.45) is 11.1 Å². The number of rotatable bonds is 3. The molecule has 1 atom stereocenters. The summed E-state index contributed by atoms with van der Waals surface area (Å²) in [5.74, 6) is 0. The molecule has 1 unspecified atom stereocenters. The first-order chi connectivity index (χ1) is 6.86. The summed E-state index contributed by atoms with van der Waals surface area (Å²) in [5.41, 5.74) is 6.08. The van der Waals surface area contributed by atoms with Crippen molar-refractivity contribution in [3.05, 3.63) is 22.9 Å². The Morgan fingerprint density at radius 2 is 1.87 bits per heavy atom. The van der Waals surface area contributed by atoms with Crippen molar-refractivity contribution in [1.82, 2.24) is 9.13 Å². The molecule has 1 aromatic rings. The van der Waals surface area contributed by atoms with E-state index in [1.165, 1.54) is 0 Å². The third kappa shape index (κ3) is 2.72. The van der Waals surface area contributed by atoms with Gasteiger partial charge in [0.05, 0.1) is 0 Å². The van der Waals surface area contributed by atoms with Crippen LogP contribution < -0.4 is 11.4 Å². The van der Waals surface area contributed by atoms with E-state index in [-0.39, 0.29) is 17.1 Å². The molecule has 0 bridgehead atoms. The second kappa shape index (κ2) is 4.23. The van der Waals surface area contributed by atoms with Crippen LogP contribution in [0.5, 0.6) is 0 Å². The van der Waals surface area contributed by atoms with Gasteiger partial charge in [-0.15, -0.1) is 0 Å². The average molecular weight is 211 g/mol. The minimum Gasteiger partial charge on any atom is -0.326 e. The predicted molar refractivity (Wildman–Crippen MR) is 61.8 cm³/mol. The molecule has 4 heteroatoms. The third-order valence-corrected chi connectivity index (χ3v) is 2.76. The number of aromatic nitrogens is 2. The topological polar surface area (TPSA) is 52.9 Å². The molecule has 4 nitrogen and oxygen atoms in total. The fraction of sp³-hybridized carbons (Fsp3) is 0.727. The molecule has 0 amide bonds. The summed E-state index contributed by atoms with van der Waals surface area (Å²) in [6.07, 6.45) is 3.61. The van der Waals surface area contributed by atoms with Gasteiger partial charge >= 0.3 is 5.69 Å². The molecule has 0 fully saturated rings. The molecule has 2 N–H and O–H groups in total. The maximum atomic E-state index is 11.7. The quantitative estimate of drug-likeness (QED) is 0.812. The summed E-state index contributed by atoms with van der Waals surface area (Å²) >= 11 is 0. The Bertz CT molecular complexity index is 370. The lowest BCUT2D eigenvalue weighted by Gasteiger charge is -2.26. The predicted octanol–water partition coefficient (Wildman–Crippen LogP) is 1.04. The first-order valence-electron chi connectivity index (χ1n) is 5.37. The fourth-order valence-corrected chi connectivity index (χ4v) is 1.32. The van der Waals surface area contributed by atoms with E-state index in [0.717, 1.165) is 0 Å². The average Bonchev–Trinajstić information content (AvgIpc) is 2.46. The SMILES string of the molecule is CCn1ccn(CC(N)C(C)(C)C)c1=O. The highest BCUT2D eigenvalue weighted by molar-refractivity contribution is 4.85. The number of nitrogens with two attached hydrogens (primary N) is 1. The molecule has 1 heterocycles. The van der Waals surface area contributed by atoms with Gasteiger partial charge in [-0.2, -0.15) is 0 Å². The van der Waals surface area contributed by atoms with Crippen LogP contribution in [0.25, 0.3) is 0 Å². The zero-order chi connectivity index (χ0) is 11.6. The summed E-state index contributed by atoms with van der Waals surface area (Å²) < 4.78 is 3.36. The van der Waals surface area contributed by atoms with Crippen molar-refractivity contribution >= 4 is 0 Å². The molecule has 0 saturated heterocycles. The number of hydrogen-bond acceptors (Lipinski definition) is 2. The standard InChI is InChI=1S/C11H21N3O/c1-5-13-6-7-14(10(13)15)8-9(12)11(2,3)4/h6-7,9H,5,8,12H2,1-4H3. The molecule has 0 saturated carbocycles. The van der Waals surface area contributed by atoms with Gasteiger partial charge in [0.25, 0.3) is 0 Å². The lowest BCUT2D eigenvalue weighted by Crippen LogP contribution is -2.41. The van der Waals surface area contributed by atoms with Crippen molar-refractivity contribution in [2.75, 3.05) is 0 Å². The molecular weight excluding hydrogens is 190 g/mol. The summed E-state index contributed by atoms with van der Waals surface area (Å²) in [6.45, 7) is 9.49. The van der Waals surface area contributed by atoms with Crippen LogP contribution in [-0.2, 0) is 13.1 Å². The third-order valence-electron chi connectivity index (χ3n) is 2.76. The monoisotopic (exact) mass is 211 g/mol. The fourth-order valence-electron chi connectivity index (χ4n) is 1.32. The van der Waals surface area contributed by atoms with Crippen LogP contribution in [0, 0.1) is 5.41 Å². The first-order valence-corrected chi connectivity index (χ1v) is 5.37. The smallest absolute Gasteiger partial charge is 0.326 e. The Balaban J connectivity index is 2.82. The van der Waals surface area contributed by atoms with Gasteiger partial charge in [-0.25, -0.2) is 4.79 Å². The van der Waals surface area contributed by atoms with E-state index in [9.17, 15) is 4.79 Å². The van der Waals surface area contributed by atoms with E-state index in [0.29, 0.717) is 13.1 Å². The summed E-state index contributed by atoms with van der Waals surface area (Å²) in [7, 11) is 0. The zero-order valence-electron chi connectivity index (χ0n) is 10.0. The largest absolute Gasteiger partial charge is 0.328 e. The summed E-state index contributed by atoms with van der Waals surface area (Å²) in [6, 6.07) is -0.0112. The molecule has 0 aromatic carbocycles. The highest BCUT2D eigenvalue weighted by Gasteiger charge is 2.21. The lowest BCUT2D eigenvalue weighted by molar-refractivity contribution is 0.288. The van der Waals surface area contributed by atoms with Crippen molar-refractivity contribution in [2.45, 2.75) is 46.8 Å². The minimum absolute atomic E-state index is 0.0112. The molecule has 0 aliphatic carbocycles. The minimum atomic E-state index is -0.0112. The number of hydrogen-bond donors (Lipinski definition) is 1. The number of aryl methyl sites for hydroxylation is 1. The van der Waals surface area contributed by atoms with E-state index in [1.54, 1.807) is 21.5 Å². The van der Waals surface area contributed by atoms with Gasteiger partial charge in [0, 0.05) is 31.5 Å². The number of nitrogens with zero attached hydrogens (tertiary/aromatic N) is 2. The van der Waals surface area contributed by atoms with Crippen molar-refractivity contribution < 1.29 is 0 Å². The molecule has 0 radical (unpaired) electrons. The zero-order valence-corrected chi connectivity index (χ0v) is 10.0. The molecule has 1 aromatic heterocycles. The van der Waals surface area contributed by atoms with Crippen molar-refractivity contribution in [3.8, 4) is 0 Å². The Labute approximate surface area is 90.7 Å². The van der Waals surface area contributed by atoms with E-state index in [1.807, 2.05) is 6.92 Å². The first kappa shape index (κ1) is 12.0. The van der Waals surface area contributed by atoms with Gasteiger partial charge < -0.3 is 5.73 Å². The van der Waals surface area contributed by atoms with Crippen LogP contribution in [0.3, 0.4) is 0 Å². The van der Waals surface area contributed by atoms with Crippen LogP contribution in [-0.4, -0.2) is 15.2 Å². The second-order valence-electron chi connectivity index (χ2n) is 4.99. The van der Waals surface area contributed by atoms with Crippen LogP contribution in [0.2, 0.25) is 0 Å². The van der Waals surface area contributed by atoms with E-state index < -0.39 is 0 Å². The van der Waals surface area contributed by atoms with E-state index in [2.05, 4.69) is 20.8 Å². The highest BCUT2D eigenvalue weighted by atomic mass is 16.1.